The molecule has 0 amide bonds. The van der Waals surface area contributed by atoms with E-state index in [0.717, 1.165) is 43.9 Å². The van der Waals surface area contributed by atoms with E-state index in [2.05, 4.69) is 22.3 Å². The molecule has 0 saturated heterocycles. The van der Waals surface area contributed by atoms with Crippen molar-refractivity contribution in [2.45, 2.75) is 58.2 Å². The van der Waals surface area contributed by atoms with Crippen LogP contribution >= 0.6 is 0 Å². The predicted octanol–water partition coefficient (Wildman–Crippen LogP) is 2.74. The van der Waals surface area contributed by atoms with E-state index in [-0.39, 0.29) is 0 Å². The number of nitrogens with one attached hydrogen (secondary N) is 1. The van der Waals surface area contributed by atoms with Crippen molar-refractivity contribution in [3.05, 3.63) is 41.5 Å². The van der Waals surface area contributed by atoms with Crippen LogP contribution in [0.2, 0.25) is 0 Å². The quantitative estimate of drug-likeness (QED) is 0.891. The number of hydrogen-bond acceptors (Lipinski definition) is 4. The minimum Gasteiger partial charge on any atom is -0.508 e. The van der Waals surface area contributed by atoms with Gasteiger partial charge in [-0.05, 0) is 57.2 Å². The van der Waals surface area contributed by atoms with E-state index in [0.29, 0.717) is 17.8 Å². The Kier molecular flexibility index (Phi) is 4.43. The first-order valence-electron chi connectivity index (χ1n) is 8.07. The number of nitrogens with zero attached hydrogens (tertiary/aromatic N) is 3. The van der Waals surface area contributed by atoms with Crippen molar-refractivity contribution in [1.29, 1.82) is 0 Å². The minimum atomic E-state index is 0.310. The molecule has 1 aliphatic rings. The van der Waals surface area contributed by atoms with Crippen LogP contribution in [0.5, 0.6) is 5.75 Å². The lowest BCUT2D eigenvalue weighted by Crippen LogP contribution is -2.35. The average Bonchev–Trinajstić information content (AvgIpc) is 2.88. The highest BCUT2D eigenvalue weighted by Crippen LogP contribution is 2.24. The molecule has 0 bridgehead atoms. The molecular weight excluding hydrogens is 276 g/mol. The third-order valence-corrected chi connectivity index (χ3v) is 4.27. The summed E-state index contributed by atoms with van der Waals surface area (Å²) in [6.07, 6.45) is 4.35. The molecule has 0 fully saturated rings. The van der Waals surface area contributed by atoms with Crippen LogP contribution < -0.4 is 5.32 Å². The van der Waals surface area contributed by atoms with Crippen LogP contribution in [0, 0.1) is 6.92 Å². The maximum atomic E-state index is 9.32. The molecule has 1 aromatic carbocycles. The van der Waals surface area contributed by atoms with Gasteiger partial charge in [-0.1, -0.05) is 12.1 Å². The Balaban J connectivity index is 1.56. The lowest BCUT2D eigenvalue weighted by molar-refractivity contribution is 0.335. The average molecular weight is 300 g/mol. The molecule has 2 heterocycles. The van der Waals surface area contributed by atoms with Gasteiger partial charge in [-0.15, -0.1) is 0 Å². The molecule has 2 aromatic rings. The van der Waals surface area contributed by atoms with Gasteiger partial charge in [0, 0.05) is 12.6 Å². The van der Waals surface area contributed by atoms with Crippen LogP contribution in [0.4, 0.5) is 0 Å². The molecule has 1 aliphatic heterocycles. The second-order valence-electron chi connectivity index (χ2n) is 6.21. The van der Waals surface area contributed by atoms with Crippen molar-refractivity contribution in [1.82, 2.24) is 20.1 Å². The van der Waals surface area contributed by atoms with Crippen molar-refractivity contribution in [3.8, 4) is 5.75 Å². The van der Waals surface area contributed by atoms with Crippen molar-refractivity contribution < 1.29 is 5.11 Å². The molecule has 0 aliphatic carbocycles. The Morgan fingerprint density at radius 2 is 2.14 bits per heavy atom. The Bertz CT molecular complexity index is 620. The SMILES string of the molecule is Cc1nc2n(n1)CCCC2NC(C)CCc1ccc(O)cc1. The third-order valence-electron chi connectivity index (χ3n) is 4.27. The fourth-order valence-corrected chi connectivity index (χ4v) is 3.10. The highest BCUT2D eigenvalue weighted by molar-refractivity contribution is 5.25. The monoisotopic (exact) mass is 300 g/mol. The van der Waals surface area contributed by atoms with Gasteiger partial charge in [-0.2, -0.15) is 5.10 Å². The van der Waals surface area contributed by atoms with E-state index in [4.69, 9.17) is 0 Å². The highest BCUT2D eigenvalue weighted by atomic mass is 16.3. The van der Waals surface area contributed by atoms with Crippen LogP contribution in [-0.4, -0.2) is 25.9 Å². The summed E-state index contributed by atoms with van der Waals surface area (Å²) in [5.74, 6) is 2.27. The van der Waals surface area contributed by atoms with Crippen molar-refractivity contribution >= 4 is 0 Å². The molecule has 0 radical (unpaired) electrons. The molecule has 3 rings (SSSR count). The fourth-order valence-electron chi connectivity index (χ4n) is 3.10. The lowest BCUT2D eigenvalue weighted by atomic mass is 10.0. The van der Waals surface area contributed by atoms with Crippen LogP contribution in [-0.2, 0) is 13.0 Å². The topological polar surface area (TPSA) is 63.0 Å². The minimum absolute atomic E-state index is 0.310. The number of aromatic hydroxyl groups is 1. The van der Waals surface area contributed by atoms with Crippen LogP contribution in [0.25, 0.3) is 0 Å². The van der Waals surface area contributed by atoms with Crippen molar-refractivity contribution in [2.24, 2.45) is 0 Å². The zero-order valence-corrected chi connectivity index (χ0v) is 13.3. The summed E-state index contributed by atoms with van der Waals surface area (Å²) >= 11 is 0. The number of aromatic nitrogens is 3. The second kappa shape index (κ2) is 6.48. The molecule has 0 saturated carbocycles. The maximum absolute atomic E-state index is 9.32. The van der Waals surface area contributed by atoms with Crippen LogP contribution in [0.3, 0.4) is 0 Å². The van der Waals surface area contributed by atoms with Crippen molar-refractivity contribution in [3.63, 3.8) is 0 Å². The number of rotatable bonds is 5. The summed E-state index contributed by atoms with van der Waals surface area (Å²) in [6.45, 7) is 5.16. The molecule has 118 valence electrons. The van der Waals surface area contributed by atoms with Crippen LogP contribution in [0.15, 0.2) is 24.3 Å². The number of phenols is 1. The van der Waals surface area contributed by atoms with E-state index in [9.17, 15) is 5.11 Å². The van der Waals surface area contributed by atoms with E-state index in [1.807, 2.05) is 23.7 Å². The molecule has 2 unspecified atom stereocenters. The molecule has 2 atom stereocenters. The summed E-state index contributed by atoms with van der Waals surface area (Å²) in [7, 11) is 0. The first kappa shape index (κ1) is 15.0. The van der Waals surface area contributed by atoms with Gasteiger partial charge in [0.25, 0.3) is 0 Å². The van der Waals surface area contributed by atoms with Gasteiger partial charge >= 0.3 is 0 Å². The normalized spacial score (nSPS) is 18.9. The summed E-state index contributed by atoms with van der Waals surface area (Å²) in [5, 5.41) is 17.5. The summed E-state index contributed by atoms with van der Waals surface area (Å²) in [5.41, 5.74) is 1.26. The Morgan fingerprint density at radius 3 is 2.91 bits per heavy atom. The molecule has 2 N–H and O–H groups in total. The number of aryl methyl sites for hydroxylation is 3. The summed E-state index contributed by atoms with van der Waals surface area (Å²) in [6, 6.07) is 8.21. The number of fused-ring (bicyclic) bond motifs is 1. The Hall–Kier alpha value is -1.88. The van der Waals surface area contributed by atoms with Crippen molar-refractivity contribution in [2.75, 3.05) is 0 Å². The lowest BCUT2D eigenvalue weighted by Gasteiger charge is -2.26. The smallest absolute Gasteiger partial charge is 0.147 e. The summed E-state index contributed by atoms with van der Waals surface area (Å²) < 4.78 is 2.04. The standard InChI is InChI=1S/C17H24N4O/c1-12(5-6-14-7-9-15(22)10-8-14)18-16-4-3-11-21-17(16)19-13(2)20-21/h7-10,12,16,18,22H,3-6,11H2,1-2H3. The molecule has 1 aromatic heterocycles. The summed E-state index contributed by atoms with van der Waals surface area (Å²) in [4.78, 5) is 4.58. The van der Waals surface area contributed by atoms with E-state index >= 15 is 0 Å². The van der Waals surface area contributed by atoms with Crippen LogP contribution in [0.1, 0.15) is 49.4 Å². The Morgan fingerprint density at radius 1 is 1.36 bits per heavy atom. The van der Waals surface area contributed by atoms with Gasteiger partial charge in [-0.25, -0.2) is 9.67 Å². The first-order valence-corrected chi connectivity index (χ1v) is 8.07. The van der Waals surface area contributed by atoms with Gasteiger partial charge in [-0.3, -0.25) is 0 Å². The van der Waals surface area contributed by atoms with E-state index < -0.39 is 0 Å². The van der Waals surface area contributed by atoms with E-state index in [1.54, 1.807) is 12.1 Å². The largest absolute Gasteiger partial charge is 0.508 e. The molecule has 5 nitrogen and oxygen atoms in total. The molecule has 22 heavy (non-hydrogen) atoms. The van der Waals surface area contributed by atoms with Gasteiger partial charge in [0.1, 0.15) is 17.4 Å². The number of phenolic OH excluding ortho intramolecular Hbond substituents is 1. The zero-order valence-electron chi connectivity index (χ0n) is 13.3. The van der Waals surface area contributed by atoms with E-state index in [1.165, 1.54) is 5.56 Å². The molecular formula is C17H24N4O. The van der Waals surface area contributed by atoms with Gasteiger partial charge in [0.15, 0.2) is 0 Å². The Labute approximate surface area is 131 Å². The zero-order chi connectivity index (χ0) is 15.5. The first-order chi connectivity index (χ1) is 10.6. The van der Waals surface area contributed by atoms with Gasteiger partial charge in [0.2, 0.25) is 0 Å². The predicted molar refractivity (Wildman–Crippen MR) is 85.8 cm³/mol. The second-order valence-corrected chi connectivity index (χ2v) is 6.21. The highest BCUT2D eigenvalue weighted by Gasteiger charge is 2.24. The number of benzene rings is 1. The third kappa shape index (κ3) is 3.47. The maximum Gasteiger partial charge on any atom is 0.147 e. The fraction of sp³-hybridized carbons (Fsp3) is 0.529. The van der Waals surface area contributed by atoms with Gasteiger partial charge in [0.05, 0.1) is 6.04 Å². The number of hydrogen-bond donors (Lipinski definition) is 2. The molecule has 0 spiro atoms. The molecule has 5 heteroatoms. The van der Waals surface area contributed by atoms with Gasteiger partial charge < -0.3 is 10.4 Å².